The fraction of sp³-hybridized carbons (Fsp3) is 0.250. The number of rotatable bonds is 4. The molecule has 0 bridgehead atoms. The maximum atomic E-state index is 11.5. The Morgan fingerprint density at radius 1 is 1.57 bits per heavy atom. The molecule has 0 atom stereocenters. The van der Waals surface area contributed by atoms with Crippen molar-refractivity contribution in [1.82, 2.24) is 4.72 Å². The Morgan fingerprint density at radius 3 is 2.79 bits per heavy atom. The summed E-state index contributed by atoms with van der Waals surface area (Å²) in [6.07, 6.45) is 4.95. The summed E-state index contributed by atoms with van der Waals surface area (Å²) in [5.74, 6) is 2.20. The van der Waals surface area contributed by atoms with E-state index >= 15 is 0 Å². The van der Waals surface area contributed by atoms with E-state index in [0.29, 0.717) is 6.54 Å². The Balaban J connectivity index is 2.88. The summed E-state index contributed by atoms with van der Waals surface area (Å²) in [4.78, 5) is 0.825. The molecule has 1 aromatic rings. The minimum absolute atomic E-state index is 0.00179. The SMILES string of the molecule is C#CCNS(=O)(=O)c1ccc(CN)s1. The Kier molecular flexibility index (Phi) is 3.66. The van der Waals surface area contributed by atoms with Crippen LogP contribution in [0.15, 0.2) is 16.3 Å². The normalized spacial score (nSPS) is 11.1. The predicted molar refractivity (Wildman–Crippen MR) is 56.2 cm³/mol. The zero-order valence-electron chi connectivity index (χ0n) is 7.36. The van der Waals surface area contributed by atoms with Gasteiger partial charge in [-0.2, -0.15) is 4.72 Å². The molecule has 0 aliphatic carbocycles. The van der Waals surface area contributed by atoms with E-state index in [1.807, 2.05) is 0 Å². The van der Waals surface area contributed by atoms with Crippen molar-refractivity contribution in [3.63, 3.8) is 0 Å². The molecule has 4 nitrogen and oxygen atoms in total. The van der Waals surface area contributed by atoms with Gasteiger partial charge in [0.2, 0.25) is 0 Å². The van der Waals surface area contributed by atoms with Crippen LogP contribution in [0.2, 0.25) is 0 Å². The number of terminal acetylenes is 1. The average Bonchev–Trinajstić information content (AvgIpc) is 2.63. The molecular formula is C8H10N2O2S2. The third-order valence-corrected chi connectivity index (χ3v) is 4.47. The van der Waals surface area contributed by atoms with Gasteiger partial charge in [-0.05, 0) is 12.1 Å². The topological polar surface area (TPSA) is 72.2 Å². The second-order valence-electron chi connectivity index (χ2n) is 2.45. The molecule has 0 unspecified atom stereocenters. The standard InChI is InChI=1S/C8H10N2O2S2/c1-2-5-10-14(11,12)8-4-3-7(6-9)13-8/h1,3-4,10H,5-6,9H2. The third-order valence-electron chi connectivity index (χ3n) is 1.47. The van der Waals surface area contributed by atoms with Crippen LogP contribution in [-0.4, -0.2) is 15.0 Å². The first kappa shape index (κ1) is 11.2. The molecule has 0 radical (unpaired) electrons. The van der Waals surface area contributed by atoms with Crippen molar-refractivity contribution in [2.75, 3.05) is 6.54 Å². The lowest BCUT2D eigenvalue weighted by atomic mass is 10.5. The molecule has 76 valence electrons. The van der Waals surface area contributed by atoms with Crippen molar-refractivity contribution in [1.29, 1.82) is 0 Å². The fourth-order valence-electron chi connectivity index (χ4n) is 0.820. The molecule has 0 spiro atoms. The summed E-state index contributed by atoms with van der Waals surface area (Å²) in [6.45, 7) is 0.341. The van der Waals surface area contributed by atoms with Gasteiger partial charge in [-0.1, -0.05) is 5.92 Å². The molecule has 3 N–H and O–H groups in total. The summed E-state index contributed by atoms with van der Waals surface area (Å²) >= 11 is 1.15. The largest absolute Gasteiger partial charge is 0.326 e. The lowest BCUT2D eigenvalue weighted by Gasteiger charge is -1.99. The number of hydrogen-bond donors (Lipinski definition) is 2. The van der Waals surface area contributed by atoms with Crippen LogP contribution in [0.4, 0.5) is 0 Å². The predicted octanol–water partition coefficient (Wildman–Crippen LogP) is 0.118. The highest BCUT2D eigenvalue weighted by molar-refractivity contribution is 7.91. The molecule has 0 amide bonds. The summed E-state index contributed by atoms with van der Waals surface area (Å²) in [6, 6.07) is 3.21. The first-order valence-electron chi connectivity index (χ1n) is 3.82. The smallest absolute Gasteiger partial charge is 0.250 e. The number of hydrogen-bond acceptors (Lipinski definition) is 4. The first-order chi connectivity index (χ1) is 6.60. The van der Waals surface area contributed by atoms with Crippen LogP contribution in [0.5, 0.6) is 0 Å². The average molecular weight is 230 g/mol. The van der Waals surface area contributed by atoms with Gasteiger partial charge >= 0.3 is 0 Å². The summed E-state index contributed by atoms with van der Waals surface area (Å²) in [5, 5.41) is 0. The van der Waals surface area contributed by atoms with E-state index < -0.39 is 10.0 Å². The second kappa shape index (κ2) is 4.57. The number of sulfonamides is 1. The van der Waals surface area contributed by atoms with Crippen LogP contribution in [0.25, 0.3) is 0 Å². The van der Waals surface area contributed by atoms with Crippen molar-refractivity contribution in [2.24, 2.45) is 5.73 Å². The first-order valence-corrected chi connectivity index (χ1v) is 6.12. The van der Waals surface area contributed by atoms with E-state index in [9.17, 15) is 8.42 Å². The molecule has 0 aliphatic rings. The van der Waals surface area contributed by atoms with Gasteiger partial charge in [-0.25, -0.2) is 8.42 Å². The minimum atomic E-state index is -3.44. The van der Waals surface area contributed by atoms with E-state index in [4.69, 9.17) is 12.2 Å². The van der Waals surface area contributed by atoms with Gasteiger partial charge in [0.25, 0.3) is 10.0 Å². The zero-order chi connectivity index (χ0) is 10.6. The van der Waals surface area contributed by atoms with Crippen LogP contribution in [0.1, 0.15) is 4.88 Å². The summed E-state index contributed by atoms with van der Waals surface area (Å²) < 4.78 is 25.5. The molecule has 1 rings (SSSR count). The molecule has 0 aliphatic heterocycles. The van der Waals surface area contributed by atoms with Crippen LogP contribution >= 0.6 is 11.3 Å². The van der Waals surface area contributed by atoms with Crippen LogP contribution in [-0.2, 0) is 16.6 Å². The molecule has 0 saturated heterocycles. The van der Waals surface area contributed by atoms with Gasteiger partial charge in [-0.3, -0.25) is 0 Å². The van der Waals surface area contributed by atoms with Gasteiger partial charge < -0.3 is 5.73 Å². The molecule has 1 aromatic heterocycles. The monoisotopic (exact) mass is 230 g/mol. The highest BCUT2D eigenvalue weighted by Gasteiger charge is 2.14. The maximum Gasteiger partial charge on any atom is 0.250 e. The molecule has 14 heavy (non-hydrogen) atoms. The van der Waals surface area contributed by atoms with Gasteiger partial charge in [0.15, 0.2) is 0 Å². The number of nitrogens with one attached hydrogen (secondary N) is 1. The Hall–Kier alpha value is -0.870. The minimum Gasteiger partial charge on any atom is -0.326 e. The van der Waals surface area contributed by atoms with Gasteiger partial charge in [-0.15, -0.1) is 17.8 Å². The van der Waals surface area contributed by atoms with Gasteiger partial charge in [0, 0.05) is 11.4 Å². The van der Waals surface area contributed by atoms with E-state index in [0.717, 1.165) is 16.2 Å². The molecule has 6 heteroatoms. The van der Waals surface area contributed by atoms with E-state index in [2.05, 4.69) is 10.6 Å². The number of nitrogens with two attached hydrogens (primary N) is 1. The van der Waals surface area contributed by atoms with Gasteiger partial charge in [0.1, 0.15) is 4.21 Å². The van der Waals surface area contributed by atoms with Crippen molar-refractivity contribution >= 4 is 21.4 Å². The fourth-order valence-corrected chi connectivity index (χ4v) is 3.03. The molecular weight excluding hydrogens is 220 g/mol. The van der Waals surface area contributed by atoms with Crippen LogP contribution < -0.4 is 10.5 Å². The number of thiophene rings is 1. The lowest BCUT2D eigenvalue weighted by molar-refractivity contribution is 0.588. The van der Waals surface area contributed by atoms with Crippen LogP contribution in [0, 0.1) is 12.3 Å². The van der Waals surface area contributed by atoms with Crippen molar-refractivity contribution in [2.45, 2.75) is 10.8 Å². The molecule has 0 fully saturated rings. The van der Waals surface area contributed by atoms with Crippen molar-refractivity contribution in [3.8, 4) is 12.3 Å². The highest BCUT2D eigenvalue weighted by Crippen LogP contribution is 2.20. The lowest BCUT2D eigenvalue weighted by Crippen LogP contribution is -2.22. The summed E-state index contributed by atoms with van der Waals surface area (Å²) in [5.41, 5.74) is 5.37. The Morgan fingerprint density at radius 2 is 2.29 bits per heavy atom. The van der Waals surface area contributed by atoms with E-state index in [1.165, 1.54) is 6.07 Å². The van der Waals surface area contributed by atoms with E-state index in [-0.39, 0.29) is 10.8 Å². The third kappa shape index (κ3) is 2.56. The molecule has 1 heterocycles. The molecule has 0 aromatic carbocycles. The quantitative estimate of drug-likeness (QED) is 0.722. The Bertz CT molecular complexity index is 442. The van der Waals surface area contributed by atoms with Crippen LogP contribution in [0.3, 0.4) is 0 Å². The van der Waals surface area contributed by atoms with Crippen molar-refractivity contribution in [3.05, 3.63) is 17.0 Å². The maximum absolute atomic E-state index is 11.5. The second-order valence-corrected chi connectivity index (χ2v) is 5.62. The molecule has 0 saturated carbocycles. The summed E-state index contributed by atoms with van der Waals surface area (Å²) in [7, 11) is -3.44. The van der Waals surface area contributed by atoms with Gasteiger partial charge in [0.05, 0.1) is 6.54 Å². The highest BCUT2D eigenvalue weighted by atomic mass is 32.2. The Labute approximate surface area is 87.2 Å². The van der Waals surface area contributed by atoms with E-state index in [1.54, 1.807) is 6.07 Å². The zero-order valence-corrected chi connectivity index (χ0v) is 8.99. The van der Waals surface area contributed by atoms with Crippen molar-refractivity contribution < 1.29 is 8.42 Å².